The molecule has 0 aromatic heterocycles. The molecule has 3 aromatic rings. The van der Waals surface area contributed by atoms with Gasteiger partial charge in [0.1, 0.15) is 0 Å². The van der Waals surface area contributed by atoms with Gasteiger partial charge >= 0.3 is 5.69 Å². The van der Waals surface area contributed by atoms with Crippen molar-refractivity contribution >= 4 is 33.1 Å². The van der Waals surface area contributed by atoms with Crippen LogP contribution in [0.15, 0.2) is 77.3 Å². The summed E-state index contributed by atoms with van der Waals surface area (Å²) >= 11 is 3.40. The van der Waals surface area contributed by atoms with Crippen molar-refractivity contribution in [3.63, 3.8) is 0 Å². The number of halogens is 1. The number of benzene rings is 3. The summed E-state index contributed by atoms with van der Waals surface area (Å²) in [6.07, 6.45) is 0.142. The zero-order chi connectivity index (χ0) is 20.8. The van der Waals surface area contributed by atoms with Crippen molar-refractivity contribution in [1.29, 1.82) is 0 Å². The third-order valence-electron chi connectivity index (χ3n) is 4.47. The Balaban J connectivity index is 1.95. The molecule has 1 N–H and O–H groups in total. The van der Waals surface area contributed by atoms with Crippen molar-refractivity contribution in [3.8, 4) is 5.75 Å². The molecule has 0 aliphatic rings. The van der Waals surface area contributed by atoms with Crippen LogP contribution >= 0.6 is 15.9 Å². The number of rotatable bonds is 8. The molecule has 0 fully saturated rings. The van der Waals surface area contributed by atoms with Crippen LogP contribution in [0.5, 0.6) is 5.75 Å². The number of methoxy groups -OCH3 is 1. The molecule has 0 spiro atoms. The maximum Gasteiger partial charge on any atom is 0.311 e. The number of hydrogen-bond donors (Lipinski definition) is 1. The van der Waals surface area contributed by atoms with Crippen LogP contribution in [0.25, 0.3) is 0 Å². The zero-order valence-corrected chi connectivity index (χ0v) is 17.3. The van der Waals surface area contributed by atoms with Gasteiger partial charge in [-0.15, -0.1) is 0 Å². The maximum atomic E-state index is 12.8. The van der Waals surface area contributed by atoms with Crippen LogP contribution < -0.4 is 10.1 Å². The van der Waals surface area contributed by atoms with Crippen LogP contribution in [0.4, 0.5) is 11.4 Å². The Bertz CT molecular complexity index is 1010. The van der Waals surface area contributed by atoms with Crippen molar-refractivity contribution in [1.82, 2.24) is 0 Å². The molecular formula is C22H19BrN2O4. The van der Waals surface area contributed by atoms with E-state index in [0.717, 1.165) is 10.2 Å². The summed E-state index contributed by atoms with van der Waals surface area (Å²) in [6.45, 7) is 0. The molecule has 1 atom stereocenters. The number of carbonyl (C=O) groups excluding carboxylic acids is 1. The Labute approximate surface area is 176 Å². The maximum absolute atomic E-state index is 12.8. The molecule has 0 saturated carbocycles. The minimum atomic E-state index is -0.488. The summed E-state index contributed by atoms with van der Waals surface area (Å²) < 4.78 is 6.02. The second kappa shape index (κ2) is 9.34. The summed E-state index contributed by atoms with van der Waals surface area (Å²) in [5.41, 5.74) is 1.89. The minimum absolute atomic E-state index is 0.0568. The molecule has 6 nitrogen and oxygen atoms in total. The largest absolute Gasteiger partial charge is 0.490 e. The van der Waals surface area contributed by atoms with Gasteiger partial charge in [-0.25, -0.2) is 0 Å². The summed E-state index contributed by atoms with van der Waals surface area (Å²) in [6, 6.07) is 20.8. The number of Topliss-reactive ketones (excluding diaryl/α,β-unsaturated/α-hetero) is 1. The summed E-state index contributed by atoms with van der Waals surface area (Å²) in [4.78, 5) is 23.7. The van der Waals surface area contributed by atoms with Gasteiger partial charge in [-0.1, -0.05) is 52.3 Å². The van der Waals surface area contributed by atoms with Gasteiger partial charge in [0.15, 0.2) is 11.5 Å². The van der Waals surface area contributed by atoms with E-state index in [-0.39, 0.29) is 23.6 Å². The Morgan fingerprint density at radius 2 is 1.79 bits per heavy atom. The van der Waals surface area contributed by atoms with E-state index in [1.165, 1.54) is 13.2 Å². The Hall–Kier alpha value is -3.19. The van der Waals surface area contributed by atoms with Crippen molar-refractivity contribution in [2.24, 2.45) is 0 Å². The van der Waals surface area contributed by atoms with Crippen molar-refractivity contribution in [2.75, 3.05) is 12.4 Å². The van der Waals surface area contributed by atoms with Gasteiger partial charge in [-0.2, -0.15) is 0 Å². The smallest absolute Gasteiger partial charge is 0.311 e. The highest BCUT2D eigenvalue weighted by Crippen LogP contribution is 2.33. The highest BCUT2D eigenvalue weighted by atomic mass is 79.9. The van der Waals surface area contributed by atoms with Crippen molar-refractivity contribution < 1.29 is 14.5 Å². The van der Waals surface area contributed by atoms with Gasteiger partial charge in [0.2, 0.25) is 0 Å². The van der Waals surface area contributed by atoms with E-state index in [1.54, 1.807) is 24.3 Å². The summed E-state index contributed by atoms with van der Waals surface area (Å²) in [5.74, 6) is 0.120. The molecule has 7 heteroatoms. The molecule has 148 valence electrons. The number of carbonyl (C=O) groups is 1. The second-order valence-corrected chi connectivity index (χ2v) is 7.30. The topological polar surface area (TPSA) is 81.5 Å². The van der Waals surface area contributed by atoms with Gasteiger partial charge in [-0.05, 0) is 35.9 Å². The van der Waals surface area contributed by atoms with Crippen LogP contribution in [0.1, 0.15) is 28.4 Å². The third-order valence-corrected chi connectivity index (χ3v) is 5.00. The predicted octanol–water partition coefficient (Wildman–Crippen LogP) is 5.79. The van der Waals surface area contributed by atoms with E-state index in [9.17, 15) is 14.9 Å². The standard InChI is InChI=1S/C22H19BrN2O4/c1-29-22-12-7-16(13-20(22)25(27)28)19(24-18-10-8-17(23)9-11-18)14-21(26)15-5-3-2-4-6-15/h2-13,19,24H,14H2,1H3. The fourth-order valence-electron chi connectivity index (χ4n) is 2.99. The number of nitrogens with zero attached hydrogens (tertiary/aromatic N) is 1. The van der Waals surface area contributed by atoms with Gasteiger partial charge in [0.05, 0.1) is 18.1 Å². The molecule has 0 aliphatic heterocycles. The average molecular weight is 455 g/mol. The predicted molar refractivity (Wildman–Crippen MR) is 116 cm³/mol. The second-order valence-electron chi connectivity index (χ2n) is 6.39. The van der Waals surface area contributed by atoms with Gasteiger partial charge in [0.25, 0.3) is 0 Å². The molecule has 0 aliphatic carbocycles. The zero-order valence-electron chi connectivity index (χ0n) is 15.7. The first-order chi connectivity index (χ1) is 14.0. The number of ketones is 1. The third kappa shape index (κ3) is 5.20. The van der Waals surface area contributed by atoms with E-state index in [2.05, 4.69) is 21.2 Å². The minimum Gasteiger partial charge on any atom is -0.490 e. The number of hydrogen-bond acceptors (Lipinski definition) is 5. The van der Waals surface area contributed by atoms with Crippen LogP contribution in [-0.2, 0) is 0 Å². The quantitative estimate of drug-likeness (QED) is 0.264. The first-order valence-corrected chi connectivity index (χ1v) is 9.70. The fraction of sp³-hybridized carbons (Fsp3) is 0.136. The number of nitro groups is 1. The monoisotopic (exact) mass is 454 g/mol. The van der Waals surface area contributed by atoms with Crippen LogP contribution in [-0.4, -0.2) is 17.8 Å². The van der Waals surface area contributed by atoms with Gasteiger partial charge in [0, 0.05) is 28.2 Å². The highest BCUT2D eigenvalue weighted by Gasteiger charge is 2.22. The first kappa shape index (κ1) is 20.5. The van der Waals surface area contributed by atoms with Crippen molar-refractivity contribution in [2.45, 2.75) is 12.5 Å². The van der Waals surface area contributed by atoms with Crippen LogP contribution in [0, 0.1) is 10.1 Å². The van der Waals surface area contributed by atoms with Crippen LogP contribution in [0.3, 0.4) is 0 Å². The van der Waals surface area contributed by atoms with E-state index >= 15 is 0 Å². The molecule has 0 amide bonds. The molecule has 0 radical (unpaired) electrons. The van der Waals surface area contributed by atoms with E-state index in [4.69, 9.17) is 4.74 Å². The van der Waals surface area contributed by atoms with Crippen LogP contribution in [0.2, 0.25) is 0 Å². The Morgan fingerprint density at radius 3 is 2.41 bits per heavy atom. The SMILES string of the molecule is COc1ccc(C(CC(=O)c2ccccc2)Nc2ccc(Br)cc2)cc1[N+](=O)[O-]. The summed E-state index contributed by atoms with van der Waals surface area (Å²) in [5, 5.41) is 14.7. The average Bonchev–Trinajstić information content (AvgIpc) is 2.74. The van der Waals surface area contributed by atoms with E-state index in [1.807, 2.05) is 42.5 Å². The molecular weight excluding hydrogens is 436 g/mol. The molecule has 0 bridgehead atoms. The lowest BCUT2D eigenvalue weighted by Crippen LogP contribution is -2.16. The van der Waals surface area contributed by atoms with Gasteiger partial charge < -0.3 is 10.1 Å². The van der Waals surface area contributed by atoms with Crippen molar-refractivity contribution in [3.05, 3.63) is 98.5 Å². The molecule has 3 rings (SSSR count). The molecule has 0 saturated heterocycles. The molecule has 1 unspecified atom stereocenters. The van der Waals surface area contributed by atoms with E-state index in [0.29, 0.717) is 11.1 Å². The first-order valence-electron chi connectivity index (χ1n) is 8.90. The lowest BCUT2D eigenvalue weighted by Gasteiger charge is -2.20. The summed E-state index contributed by atoms with van der Waals surface area (Å²) in [7, 11) is 1.39. The Morgan fingerprint density at radius 1 is 1.10 bits per heavy atom. The number of ether oxygens (including phenoxy) is 1. The van der Waals surface area contributed by atoms with Gasteiger partial charge in [-0.3, -0.25) is 14.9 Å². The lowest BCUT2D eigenvalue weighted by atomic mass is 9.97. The number of anilines is 1. The lowest BCUT2D eigenvalue weighted by molar-refractivity contribution is -0.385. The normalized spacial score (nSPS) is 11.5. The molecule has 29 heavy (non-hydrogen) atoms. The molecule has 3 aromatic carbocycles. The fourth-order valence-corrected chi connectivity index (χ4v) is 3.26. The van der Waals surface area contributed by atoms with E-state index < -0.39 is 11.0 Å². The number of nitro benzene ring substituents is 1. The highest BCUT2D eigenvalue weighted by molar-refractivity contribution is 9.10. The Kier molecular flexibility index (Phi) is 6.61. The number of nitrogens with one attached hydrogen (secondary N) is 1. The molecule has 0 heterocycles.